The number of aromatic nitrogens is 4. The topological polar surface area (TPSA) is 63.4 Å². The van der Waals surface area contributed by atoms with Gasteiger partial charge in [-0.15, -0.1) is 15.3 Å². The van der Waals surface area contributed by atoms with Crippen LogP contribution in [0, 0.1) is 6.92 Å². The van der Waals surface area contributed by atoms with Crippen LogP contribution in [0.2, 0.25) is 0 Å². The van der Waals surface area contributed by atoms with E-state index in [-0.39, 0.29) is 5.56 Å². The number of nitrogens with zero attached hydrogens (tertiary/aromatic N) is 5. The summed E-state index contributed by atoms with van der Waals surface area (Å²) in [7, 11) is 0. The van der Waals surface area contributed by atoms with Gasteiger partial charge in [0.1, 0.15) is 5.69 Å². The Hall–Kier alpha value is -2.50. The molecule has 6 heteroatoms. The Morgan fingerprint density at radius 1 is 1.05 bits per heavy atom. The van der Waals surface area contributed by atoms with Crippen LogP contribution < -0.4 is 10.5 Å². The van der Waals surface area contributed by atoms with Gasteiger partial charge in [-0.1, -0.05) is 24.3 Å². The zero-order valence-corrected chi connectivity index (χ0v) is 11.8. The van der Waals surface area contributed by atoms with Crippen LogP contribution in [0.5, 0.6) is 0 Å². The van der Waals surface area contributed by atoms with Crippen molar-refractivity contribution in [3.8, 4) is 0 Å². The van der Waals surface area contributed by atoms with Crippen LogP contribution in [0.25, 0.3) is 16.4 Å². The van der Waals surface area contributed by atoms with E-state index in [0.29, 0.717) is 11.3 Å². The zero-order chi connectivity index (χ0) is 14.4. The SMILES string of the molecule is Cc1nnc2c3ccccc3c(N3CCCC3)nn2c1=O. The molecule has 0 aliphatic carbocycles. The van der Waals surface area contributed by atoms with Gasteiger partial charge in [-0.2, -0.15) is 4.52 Å². The summed E-state index contributed by atoms with van der Waals surface area (Å²) in [4.78, 5) is 14.6. The van der Waals surface area contributed by atoms with Gasteiger partial charge in [0.2, 0.25) is 0 Å². The third-order valence-electron chi connectivity index (χ3n) is 4.01. The Bertz CT molecular complexity index is 896. The summed E-state index contributed by atoms with van der Waals surface area (Å²) in [5.41, 5.74) is 0.679. The lowest BCUT2D eigenvalue weighted by atomic mass is 10.1. The predicted molar refractivity (Wildman–Crippen MR) is 80.7 cm³/mol. The molecule has 0 bridgehead atoms. The average Bonchev–Trinajstić information content (AvgIpc) is 3.04. The van der Waals surface area contributed by atoms with Crippen molar-refractivity contribution in [3.63, 3.8) is 0 Å². The molecule has 0 saturated carbocycles. The minimum atomic E-state index is -0.203. The molecular formula is C15H15N5O. The molecule has 1 aliphatic heterocycles. The summed E-state index contributed by atoms with van der Waals surface area (Å²) >= 11 is 0. The first-order valence-corrected chi connectivity index (χ1v) is 7.16. The normalized spacial score (nSPS) is 15.2. The molecule has 106 valence electrons. The first kappa shape index (κ1) is 12.3. The number of benzene rings is 1. The minimum absolute atomic E-state index is 0.203. The first-order valence-electron chi connectivity index (χ1n) is 7.16. The molecule has 0 amide bonds. The lowest BCUT2D eigenvalue weighted by Crippen LogP contribution is -2.26. The largest absolute Gasteiger partial charge is 0.355 e. The zero-order valence-electron chi connectivity index (χ0n) is 11.8. The fourth-order valence-corrected chi connectivity index (χ4v) is 2.90. The predicted octanol–water partition coefficient (Wildman–Crippen LogP) is 1.55. The maximum Gasteiger partial charge on any atom is 0.296 e. The first-order chi connectivity index (χ1) is 10.3. The van der Waals surface area contributed by atoms with Crippen LogP contribution >= 0.6 is 0 Å². The molecule has 3 aromatic rings. The van der Waals surface area contributed by atoms with Crippen LogP contribution in [-0.2, 0) is 0 Å². The van der Waals surface area contributed by atoms with Gasteiger partial charge >= 0.3 is 0 Å². The number of anilines is 1. The molecule has 0 radical (unpaired) electrons. The maximum atomic E-state index is 12.3. The van der Waals surface area contributed by atoms with Gasteiger partial charge in [0.05, 0.1) is 0 Å². The summed E-state index contributed by atoms with van der Waals surface area (Å²) in [6.45, 7) is 3.62. The highest BCUT2D eigenvalue weighted by Crippen LogP contribution is 2.28. The standard InChI is InChI=1S/C15H15N5O/c1-10-15(21)20-13(17-16-10)11-6-2-3-7-12(11)14(18-20)19-8-4-5-9-19/h2-3,6-7H,4-5,8-9H2,1H3. The summed E-state index contributed by atoms with van der Waals surface area (Å²) < 4.78 is 1.39. The monoisotopic (exact) mass is 281 g/mol. The molecule has 3 heterocycles. The van der Waals surface area contributed by atoms with E-state index in [1.54, 1.807) is 6.92 Å². The van der Waals surface area contributed by atoms with Crippen LogP contribution in [0.15, 0.2) is 29.1 Å². The van der Waals surface area contributed by atoms with E-state index >= 15 is 0 Å². The van der Waals surface area contributed by atoms with E-state index < -0.39 is 0 Å². The Morgan fingerprint density at radius 2 is 1.76 bits per heavy atom. The highest BCUT2D eigenvalue weighted by atomic mass is 16.1. The highest BCUT2D eigenvalue weighted by Gasteiger charge is 2.19. The van der Waals surface area contributed by atoms with Gasteiger partial charge in [-0.25, -0.2) is 0 Å². The Balaban J connectivity index is 2.15. The molecule has 0 atom stereocenters. The van der Waals surface area contributed by atoms with Crippen molar-refractivity contribution >= 4 is 22.2 Å². The molecule has 0 N–H and O–H groups in total. The molecule has 0 unspecified atom stereocenters. The summed E-state index contributed by atoms with van der Waals surface area (Å²) in [6.07, 6.45) is 2.33. The fourth-order valence-electron chi connectivity index (χ4n) is 2.90. The van der Waals surface area contributed by atoms with Gasteiger partial charge in [-0.05, 0) is 19.8 Å². The van der Waals surface area contributed by atoms with E-state index in [2.05, 4.69) is 20.2 Å². The van der Waals surface area contributed by atoms with Gasteiger partial charge in [0, 0.05) is 23.9 Å². The molecule has 1 aliphatic rings. The quantitative estimate of drug-likeness (QED) is 0.633. The summed E-state index contributed by atoms with van der Waals surface area (Å²) in [5.74, 6) is 0.866. The summed E-state index contributed by atoms with van der Waals surface area (Å²) in [5, 5.41) is 14.6. The van der Waals surface area contributed by atoms with E-state index in [1.165, 1.54) is 4.52 Å². The molecule has 4 rings (SSSR count). The average molecular weight is 281 g/mol. The minimum Gasteiger partial charge on any atom is -0.355 e. The van der Waals surface area contributed by atoms with Crippen molar-refractivity contribution in [2.75, 3.05) is 18.0 Å². The molecule has 0 spiro atoms. The van der Waals surface area contributed by atoms with E-state index in [4.69, 9.17) is 0 Å². The van der Waals surface area contributed by atoms with Crippen LogP contribution in [-0.4, -0.2) is 32.9 Å². The third kappa shape index (κ3) is 1.79. The number of rotatable bonds is 1. The number of aryl methyl sites for hydroxylation is 1. The van der Waals surface area contributed by atoms with Gasteiger partial charge in [0.15, 0.2) is 11.5 Å². The second-order valence-electron chi connectivity index (χ2n) is 5.39. The van der Waals surface area contributed by atoms with Gasteiger partial charge < -0.3 is 4.90 Å². The Morgan fingerprint density at radius 3 is 2.52 bits per heavy atom. The molecular weight excluding hydrogens is 266 g/mol. The number of hydrogen-bond donors (Lipinski definition) is 0. The second-order valence-corrected chi connectivity index (χ2v) is 5.39. The van der Waals surface area contributed by atoms with Gasteiger partial charge in [0.25, 0.3) is 5.56 Å². The number of fused-ring (bicyclic) bond motifs is 3. The molecule has 1 fully saturated rings. The molecule has 1 saturated heterocycles. The van der Waals surface area contributed by atoms with Crippen LogP contribution in [0.4, 0.5) is 5.82 Å². The van der Waals surface area contributed by atoms with Crippen LogP contribution in [0.3, 0.4) is 0 Å². The van der Waals surface area contributed by atoms with Crippen molar-refractivity contribution in [3.05, 3.63) is 40.3 Å². The molecule has 6 nitrogen and oxygen atoms in total. The smallest absolute Gasteiger partial charge is 0.296 e. The van der Waals surface area contributed by atoms with E-state index in [0.717, 1.165) is 42.5 Å². The Labute approximate surface area is 121 Å². The van der Waals surface area contributed by atoms with Crippen molar-refractivity contribution in [2.45, 2.75) is 19.8 Å². The lowest BCUT2D eigenvalue weighted by Gasteiger charge is -2.19. The van der Waals surface area contributed by atoms with Crippen molar-refractivity contribution in [2.24, 2.45) is 0 Å². The summed E-state index contributed by atoms with van der Waals surface area (Å²) in [6, 6.07) is 7.93. The second kappa shape index (κ2) is 4.51. The van der Waals surface area contributed by atoms with Crippen molar-refractivity contribution in [1.82, 2.24) is 19.8 Å². The molecule has 2 aromatic heterocycles. The van der Waals surface area contributed by atoms with E-state index in [9.17, 15) is 4.79 Å². The molecule has 1 aromatic carbocycles. The fraction of sp³-hybridized carbons (Fsp3) is 0.333. The Kier molecular flexibility index (Phi) is 2.63. The number of hydrogen-bond acceptors (Lipinski definition) is 5. The highest BCUT2D eigenvalue weighted by molar-refractivity contribution is 6.00. The molecule has 21 heavy (non-hydrogen) atoms. The third-order valence-corrected chi connectivity index (χ3v) is 4.01. The maximum absolute atomic E-state index is 12.3. The van der Waals surface area contributed by atoms with Gasteiger partial charge in [-0.3, -0.25) is 4.79 Å². The van der Waals surface area contributed by atoms with Crippen LogP contribution in [0.1, 0.15) is 18.5 Å². The lowest BCUT2D eigenvalue weighted by molar-refractivity contribution is 0.791. The van der Waals surface area contributed by atoms with Crippen molar-refractivity contribution in [1.29, 1.82) is 0 Å². The van der Waals surface area contributed by atoms with E-state index in [1.807, 2.05) is 24.3 Å². The van der Waals surface area contributed by atoms with Crippen molar-refractivity contribution < 1.29 is 0 Å².